The van der Waals surface area contributed by atoms with Crippen LogP contribution in [0.15, 0.2) is 72.8 Å². The van der Waals surface area contributed by atoms with Crippen LogP contribution in [0.1, 0.15) is 72.5 Å². The van der Waals surface area contributed by atoms with Crippen molar-refractivity contribution in [2.24, 2.45) is 0 Å². The predicted molar refractivity (Wildman–Crippen MR) is 154 cm³/mol. The maximum absolute atomic E-state index is 13.6. The summed E-state index contributed by atoms with van der Waals surface area (Å²) in [5, 5.41) is 12.3. The molecule has 0 spiro atoms. The van der Waals surface area contributed by atoms with E-state index in [0.29, 0.717) is 52.3 Å². The second kappa shape index (κ2) is 10.1. The van der Waals surface area contributed by atoms with Gasteiger partial charge in [0.05, 0.1) is 34.2 Å². The van der Waals surface area contributed by atoms with Crippen LogP contribution >= 0.6 is 0 Å². The van der Waals surface area contributed by atoms with E-state index in [9.17, 15) is 23.9 Å². The Hall–Kier alpha value is -5.05. The van der Waals surface area contributed by atoms with Crippen LogP contribution < -0.4 is 10.4 Å². The average molecular weight is 563 g/mol. The fourth-order valence-electron chi connectivity index (χ4n) is 6.42. The van der Waals surface area contributed by atoms with Gasteiger partial charge in [0.15, 0.2) is 0 Å². The smallest absolute Gasteiger partial charge is 0.338 e. The molecule has 3 aromatic carbocycles. The standard InChI is InChI=1S/C33H27FN4O4/c34-23-13-7-19(8-14-23)18-24-28(33(41)42)27(29-30(35-24)26-6-3-16-37(26)32(29)40)21-9-11-22(12-10-21)31(39)36-38-17-15-20-4-1-2-5-25(20)38/h1-2,4-5,7-14,26H,3,6,15-18H2,(H,36,39)(H,41,42)/t26-/m0/s1. The first-order chi connectivity index (χ1) is 20.4. The number of aromatic nitrogens is 1. The van der Waals surface area contributed by atoms with Gasteiger partial charge in [0.1, 0.15) is 5.82 Å². The number of halogens is 1. The van der Waals surface area contributed by atoms with Crippen LogP contribution in [0.25, 0.3) is 11.1 Å². The molecule has 3 aliphatic heterocycles. The molecule has 9 heteroatoms. The molecular weight excluding hydrogens is 535 g/mol. The van der Waals surface area contributed by atoms with Gasteiger partial charge in [-0.2, -0.15) is 0 Å². The molecular formula is C33H27FN4O4. The van der Waals surface area contributed by atoms with Crippen LogP contribution in [0.2, 0.25) is 0 Å². The zero-order valence-electron chi connectivity index (χ0n) is 22.6. The van der Waals surface area contributed by atoms with E-state index in [4.69, 9.17) is 4.98 Å². The molecule has 210 valence electrons. The predicted octanol–water partition coefficient (Wildman–Crippen LogP) is 5.17. The van der Waals surface area contributed by atoms with Gasteiger partial charge in [-0.15, -0.1) is 0 Å². The van der Waals surface area contributed by atoms with Crippen molar-refractivity contribution < 1.29 is 23.9 Å². The largest absolute Gasteiger partial charge is 0.478 e. The monoisotopic (exact) mass is 562 g/mol. The molecule has 1 aromatic heterocycles. The van der Waals surface area contributed by atoms with E-state index in [1.165, 1.54) is 17.7 Å². The fourth-order valence-corrected chi connectivity index (χ4v) is 6.42. The molecule has 4 heterocycles. The third kappa shape index (κ3) is 4.29. The van der Waals surface area contributed by atoms with Crippen LogP contribution in [-0.2, 0) is 12.8 Å². The first kappa shape index (κ1) is 25.9. The van der Waals surface area contributed by atoms with E-state index >= 15 is 0 Å². The molecule has 1 atom stereocenters. The lowest BCUT2D eigenvalue weighted by molar-refractivity contribution is 0.0695. The van der Waals surface area contributed by atoms with E-state index in [2.05, 4.69) is 5.43 Å². The molecule has 4 aromatic rings. The number of carboxylic acids is 1. The first-order valence-corrected chi connectivity index (χ1v) is 14.0. The van der Waals surface area contributed by atoms with Crippen LogP contribution in [0.5, 0.6) is 0 Å². The fraction of sp³-hybridized carbons (Fsp3) is 0.212. The van der Waals surface area contributed by atoms with E-state index in [0.717, 1.165) is 24.9 Å². The summed E-state index contributed by atoms with van der Waals surface area (Å²) in [5.41, 5.74) is 8.20. The van der Waals surface area contributed by atoms with Crippen molar-refractivity contribution >= 4 is 23.5 Å². The summed E-state index contributed by atoms with van der Waals surface area (Å²) >= 11 is 0. The van der Waals surface area contributed by atoms with Crippen LogP contribution in [-0.4, -0.2) is 45.9 Å². The van der Waals surface area contributed by atoms with E-state index in [1.807, 2.05) is 29.3 Å². The highest BCUT2D eigenvalue weighted by atomic mass is 19.1. The number of hydrazine groups is 1. The number of aromatic carboxylic acids is 1. The van der Waals surface area contributed by atoms with Gasteiger partial charge in [-0.05, 0) is 66.3 Å². The van der Waals surface area contributed by atoms with Crippen LogP contribution in [0.3, 0.4) is 0 Å². The lowest BCUT2D eigenvalue weighted by Crippen LogP contribution is -2.41. The minimum absolute atomic E-state index is 0.0570. The quantitative estimate of drug-likeness (QED) is 0.336. The maximum Gasteiger partial charge on any atom is 0.338 e. The van der Waals surface area contributed by atoms with Crippen molar-refractivity contribution in [3.8, 4) is 11.1 Å². The summed E-state index contributed by atoms with van der Waals surface area (Å²) in [7, 11) is 0. The van der Waals surface area contributed by atoms with Gasteiger partial charge in [-0.3, -0.25) is 25.0 Å². The highest BCUT2D eigenvalue weighted by molar-refractivity contribution is 6.10. The van der Waals surface area contributed by atoms with Gasteiger partial charge in [0.2, 0.25) is 0 Å². The van der Waals surface area contributed by atoms with Crippen LogP contribution in [0.4, 0.5) is 10.1 Å². The Labute approximate surface area is 241 Å². The molecule has 3 aliphatic rings. The Balaban J connectivity index is 1.28. The number of carbonyl (C=O) groups excluding carboxylic acids is 2. The normalized spacial score (nSPS) is 16.8. The molecule has 2 amide bonds. The molecule has 42 heavy (non-hydrogen) atoms. The lowest BCUT2D eigenvalue weighted by Gasteiger charge is -2.20. The molecule has 7 rings (SSSR count). The molecule has 0 unspecified atom stereocenters. The highest BCUT2D eigenvalue weighted by Crippen LogP contribution is 2.45. The molecule has 1 fully saturated rings. The number of rotatable bonds is 6. The summed E-state index contributed by atoms with van der Waals surface area (Å²) in [6.45, 7) is 1.26. The Bertz CT molecular complexity index is 1750. The number of carbonyl (C=O) groups is 3. The third-order valence-corrected chi connectivity index (χ3v) is 8.40. The zero-order valence-corrected chi connectivity index (χ0v) is 22.6. The Morgan fingerprint density at radius 1 is 0.976 bits per heavy atom. The number of anilines is 1. The molecule has 0 aliphatic carbocycles. The topological polar surface area (TPSA) is 103 Å². The van der Waals surface area contributed by atoms with Gasteiger partial charge < -0.3 is 10.0 Å². The summed E-state index contributed by atoms with van der Waals surface area (Å²) in [5.74, 6) is -2.09. The number of fused-ring (bicyclic) bond motifs is 4. The highest BCUT2D eigenvalue weighted by Gasteiger charge is 2.44. The molecule has 8 nitrogen and oxygen atoms in total. The van der Waals surface area contributed by atoms with Gasteiger partial charge in [0, 0.05) is 30.6 Å². The minimum atomic E-state index is -1.20. The van der Waals surface area contributed by atoms with Crippen LogP contribution in [0, 0.1) is 5.82 Å². The van der Waals surface area contributed by atoms with E-state index in [1.54, 1.807) is 41.3 Å². The Morgan fingerprint density at radius 3 is 2.50 bits per heavy atom. The molecule has 2 N–H and O–H groups in total. The van der Waals surface area contributed by atoms with Gasteiger partial charge in [-0.25, -0.2) is 9.18 Å². The van der Waals surface area contributed by atoms with Crippen molar-refractivity contribution in [3.63, 3.8) is 0 Å². The Morgan fingerprint density at radius 2 is 1.74 bits per heavy atom. The average Bonchev–Trinajstić information content (AvgIpc) is 3.70. The maximum atomic E-state index is 13.6. The third-order valence-electron chi connectivity index (χ3n) is 8.40. The van der Waals surface area contributed by atoms with E-state index in [-0.39, 0.29) is 35.7 Å². The molecule has 0 bridgehead atoms. The number of amides is 2. The summed E-state index contributed by atoms with van der Waals surface area (Å²) in [6.07, 6.45) is 2.62. The van der Waals surface area contributed by atoms with Crippen molar-refractivity contribution in [1.29, 1.82) is 0 Å². The number of para-hydroxylation sites is 1. The SMILES string of the molecule is O=C(NN1CCc2ccccc21)c1ccc(-c2c(C(=O)O)c(Cc3ccc(F)cc3)nc3c2C(=O)N2CCC[C@@H]32)cc1. The van der Waals surface area contributed by atoms with Gasteiger partial charge in [0.25, 0.3) is 11.8 Å². The number of hydrogen-bond acceptors (Lipinski definition) is 5. The van der Waals surface area contributed by atoms with Crippen molar-refractivity contribution in [1.82, 2.24) is 15.3 Å². The number of benzene rings is 3. The van der Waals surface area contributed by atoms with Crippen molar-refractivity contribution in [3.05, 3.63) is 118 Å². The van der Waals surface area contributed by atoms with Gasteiger partial charge >= 0.3 is 5.97 Å². The van der Waals surface area contributed by atoms with Crippen molar-refractivity contribution in [2.75, 3.05) is 18.1 Å². The van der Waals surface area contributed by atoms with Gasteiger partial charge in [-0.1, -0.05) is 42.5 Å². The molecule has 0 saturated carbocycles. The number of carboxylic acid groups (broad SMARTS) is 1. The van der Waals surface area contributed by atoms with Crippen molar-refractivity contribution in [2.45, 2.75) is 31.7 Å². The summed E-state index contributed by atoms with van der Waals surface area (Å²) in [6, 6.07) is 20.3. The second-order valence-corrected chi connectivity index (χ2v) is 10.9. The summed E-state index contributed by atoms with van der Waals surface area (Å²) in [4.78, 5) is 46.1. The number of hydrogen-bond donors (Lipinski definition) is 2. The second-order valence-electron chi connectivity index (χ2n) is 10.9. The van der Waals surface area contributed by atoms with E-state index < -0.39 is 5.97 Å². The zero-order chi connectivity index (χ0) is 29.0. The Kier molecular flexibility index (Phi) is 6.22. The number of nitrogens with zero attached hydrogens (tertiary/aromatic N) is 3. The molecule has 1 saturated heterocycles. The first-order valence-electron chi connectivity index (χ1n) is 14.0. The molecule has 0 radical (unpaired) electrons. The minimum Gasteiger partial charge on any atom is -0.478 e. The summed E-state index contributed by atoms with van der Waals surface area (Å²) < 4.78 is 13.6. The lowest BCUT2D eigenvalue weighted by atomic mass is 9.89. The number of pyridine rings is 1. The number of nitrogens with one attached hydrogen (secondary N) is 1.